The van der Waals surface area contributed by atoms with Gasteiger partial charge in [-0.05, 0) is 13.3 Å². The molecule has 6 nitrogen and oxygen atoms in total. The van der Waals surface area contributed by atoms with Crippen molar-refractivity contribution in [3.05, 3.63) is 0 Å². The van der Waals surface area contributed by atoms with Gasteiger partial charge in [-0.2, -0.15) is 0 Å². The summed E-state index contributed by atoms with van der Waals surface area (Å²) >= 11 is 0. The number of nitrogens with zero attached hydrogens (tertiary/aromatic N) is 1. The molecule has 1 aliphatic rings. The van der Waals surface area contributed by atoms with Gasteiger partial charge in [0.15, 0.2) is 0 Å². The fourth-order valence-electron chi connectivity index (χ4n) is 1.78. The Kier molecular flexibility index (Phi) is 3.87. The van der Waals surface area contributed by atoms with Gasteiger partial charge in [-0.15, -0.1) is 0 Å². The fraction of sp³-hybridized carbons (Fsp3) is 0.700. The van der Waals surface area contributed by atoms with Crippen LogP contribution >= 0.6 is 0 Å². The SMILES string of the molecule is CC(=O)N[C@@H](C)C(=O)N(C)[C@@H]1CCNC1=O. The molecule has 0 aromatic heterocycles. The lowest BCUT2D eigenvalue weighted by Crippen LogP contribution is -2.50. The van der Waals surface area contributed by atoms with E-state index in [1.807, 2.05) is 0 Å². The van der Waals surface area contributed by atoms with E-state index in [1.165, 1.54) is 11.8 Å². The average Bonchev–Trinajstić information content (AvgIpc) is 2.61. The Balaban J connectivity index is 2.59. The number of likely N-dealkylation sites (N-methyl/N-ethyl adjacent to an activating group) is 1. The predicted octanol–water partition coefficient (Wildman–Crippen LogP) is -1.14. The van der Waals surface area contributed by atoms with Gasteiger partial charge in [-0.1, -0.05) is 0 Å². The molecule has 1 fully saturated rings. The van der Waals surface area contributed by atoms with E-state index in [-0.39, 0.29) is 17.7 Å². The predicted molar refractivity (Wildman–Crippen MR) is 57.5 cm³/mol. The summed E-state index contributed by atoms with van der Waals surface area (Å²) in [4.78, 5) is 35.4. The van der Waals surface area contributed by atoms with Crippen molar-refractivity contribution < 1.29 is 14.4 Å². The molecule has 0 unspecified atom stereocenters. The van der Waals surface area contributed by atoms with Crippen molar-refractivity contribution >= 4 is 17.7 Å². The van der Waals surface area contributed by atoms with Crippen LogP contribution in [0.4, 0.5) is 0 Å². The zero-order chi connectivity index (χ0) is 12.3. The van der Waals surface area contributed by atoms with Crippen molar-refractivity contribution in [1.29, 1.82) is 0 Å². The van der Waals surface area contributed by atoms with Crippen LogP contribution in [0, 0.1) is 0 Å². The molecule has 0 aromatic carbocycles. The van der Waals surface area contributed by atoms with Crippen LogP contribution in [0.15, 0.2) is 0 Å². The molecule has 0 radical (unpaired) electrons. The van der Waals surface area contributed by atoms with E-state index in [9.17, 15) is 14.4 Å². The average molecular weight is 227 g/mol. The number of hydrogen-bond donors (Lipinski definition) is 2. The smallest absolute Gasteiger partial charge is 0.245 e. The Morgan fingerprint density at radius 1 is 1.56 bits per heavy atom. The van der Waals surface area contributed by atoms with Gasteiger partial charge in [-0.3, -0.25) is 14.4 Å². The molecule has 6 heteroatoms. The largest absolute Gasteiger partial charge is 0.354 e. The number of carbonyl (C=O) groups excluding carboxylic acids is 3. The van der Waals surface area contributed by atoms with E-state index in [2.05, 4.69) is 10.6 Å². The molecule has 2 atom stereocenters. The molecule has 2 N–H and O–H groups in total. The van der Waals surface area contributed by atoms with Crippen molar-refractivity contribution in [3.63, 3.8) is 0 Å². The quantitative estimate of drug-likeness (QED) is 0.639. The lowest BCUT2D eigenvalue weighted by Gasteiger charge is -2.25. The van der Waals surface area contributed by atoms with Gasteiger partial charge in [0.05, 0.1) is 0 Å². The van der Waals surface area contributed by atoms with E-state index in [1.54, 1.807) is 14.0 Å². The van der Waals surface area contributed by atoms with Crippen LogP contribution in [0.3, 0.4) is 0 Å². The summed E-state index contributed by atoms with van der Waals surface area (Å²) in [5, 5.41) is 5.16. The Hall–Kier alpha value is -1.59. The maximum absolute atomic E-state index is 11.8. The molecule has 16 heavy (non-hydrogen) atoms. The summed E-state index contributed by atoms with van der Waals surface area (Å²) in [6.07, 6.45) is 0.619. The third-order valence-corrected chi connectivity index (χ3v) is 2.62. The topological polar surface area (TPSA) is 78.5 Å². The van der Waals surface area contributed by atoms with Gasteiger partial charge in [0.1, 0.15) is 12.1 Å². The van der Waals surface area contributed by atoms with Crippen LogP contribution in [-0.4, -0.2) is 48.3 Å². The van der Waals surface area contributed by atoms with Gasteiger partial charge in [-0.25, -0.2) is 0 Å². The molecule has 1 saturated heterocycles. The highest BCUT2D eigenvalue weighted by Gasteiger charge is 2.32. The third-order valence-electron chi connectivity index (χ3n) is 2.62. The highest BCUT2D eigenvalue weighted by atomic mass is 16.2. The van der Waals surface area contributed by atoms with Crippen molar-refractivity contribution in [1.82, 2.24) is 15.5 Å². The number of rotatable bonds is 3. The molecular weight excluding hydrogens is 210 g/mol. The first kappa shape index (κ1) is 12.5. The maximum Gasteiger partial charge on any atom is 0.245 e. The van der Waals surface area contributed by atoms with E-state index >= 15 is 0 Å². The lowest BCUT2D eigenvalue weighted by molar-refractivity contribution is -0.139. The van der Waals surface area contributed by atoms with Gasteiger partial charge in [0, 0.05) is 20.5 Å². The minimum Gasteiger partial charge on any atom is -0.354 e. The van der Waals surface area contributed by atoms with Gasteiger partial charge >= 0.3 is 0 Å². The molecule has 3 amide bonds. The first-order valence-corrected chi connectivity index (χ1v) is 5.25. The minimum atomic E-state index is -0.601. The van der Waals surface area contributed by atoms with Crippen molar-refractivity contribution in [2.24, 2.45) is 0 Å². The van der Waals surface area contributed by atoms with Gasteiger partial charge < -0.3 is 15.5 Å². The molecule has 0 saturated carbocycles. The van der Waals surface area contributed by atoms with E-state index in [4.69, 9.17) is 0 Å². The molecule has 1 heterocycles. The van der Waals surface area contributed by atoms with Gasteiger partial charge in [0.2, 0.25) is 17.7 Å². The fourth-order valence-corrected chi connectivity index (χ4v) is 1.78. The zero-order valence-electron chi connectivity index (χ0n) is 9.74. The highest BCUT2D eigenvalue weighted by molar-refractivity contribution is 5.92. The summed E-state index contributed by atoms with van der Waals surface area (Å²) in [6.45, 7) is 3.55. The second-order valence-corrected chi connectivity index (χ2v) is 3.97. The standard InChI is InChI=1S/C10H17N3O3/c1-6(12-7(2)14)10(16)13(3)8-4-5-11-9(8)15/h6,8H,4-5H2,1-3H3,(H,11,15)(H,12,14)/t6-,8+/m0/s1. The second-order valence-electron chi connectivity index (χ2n) is 3.97. The number of amides is 3. The Bertz CT molecular complexity index is 316. The lowest BCUT2D eigenvalue weighted by atomic mass is 10.2. The zero-order valence-corrected chi connectivity index (χ0v) is 9.74. The summed E-state index contributed by atoms with van der Waals surface area (Å²) in [7, 11) is 1.58. The maximum atomic E-state index is 11.8. The van der Waals surface area contributed by atoms with E-state index in [0.29, 0.717) is 13.0 Å². The first-order valence-electron chi connectivity index (χ1n) is 5.25. The highest BCUT2D eigenvalue weighted by Crippen LogP contribution is 2.09. The van der Waals surface area contributed by atoms with Crippen LogP contribution < -0.4 is 10.6 Å². The van der Waals surface area contributed by atoms with Crippen LogP contribution in [0.5, 0.6) is 0 Å². The van der Waals surface area contributed by atoms with Crippen LogP contribution in [0.25, 0.3) is 0 Å². The van der Waals surface area contributed by atoms with Crippen LogP contribution in [0.1, 0.15) is 20.3 Å². The van der Waals surface area contributed by atoms with Crippen LogP contribution in [0.2, 0.25) is 0 Å². The van der Waals surface area contributed by atoms with E-state index < -0.39 is 12.1 Å². The second kappa shape index (κ2) is 4.96. The number of nitrogens with one attached hydrogen (secondary N) is 2. The van der Waals surface area contributed by atoms with Crippen molar-refractivity contribution in [3.8, 4) is 0 Å². The number of carbonyl (C=O) groups is 3. The Morgan fingerprint density at radius 3 is 2.62 bits per heavy atom. The normalized spacial score (nSPS) is 21.2. The Morgan fingerprint density at radius 2 is 2.19 bits per heavy atom. The monoisotopic (exact) mass is 227 g/mol. The van der Waals surface area contributed by atoms with Crippen molar-refractivity contribution in [2.45, 2.75) is 32.4 Å². The molecule has 0 aromatic rings. The molecular formula is C10H17N3O3. The minimum absolute atomic E-state index is 0.133. The van der Waals surface area contributed by atoms with Crippen molar-refractivity contribution in [2.75, 3.05) is 13.6 Å². The number of hydrogen-bond acceptors (Lipinski definition) is 3. The molecule has 0 spiro atoms. The third kappa shape index (κ3) is 2.71. The summed E-state index contributed by atoms with van der Waals surface area (Å²) in [5.74, 6) is -0.645. The molecule has 0 bridgehead atoms. The summed E-state index contributed by atoms with van der Waals surface area (Å²) in [6, 6.07) is -1.01. The van der Waals surface area contributed by atoms with Crippen LogP contribution in [-0.2, 0) is 14.4 Å². The van der Waals surface area contributed by atoms with Gasteiger partial charge in [0.25, 0.3) is 0 Å². The first-order chi connectivity index (χ1) is 7.43. The molecule has 0 aliphatic carbocycles. The molecule has 1 rings (SSSR count). The Labute approximate surface area is 94.4 Å². The molecule has 90 valence electrons. The molecule has 1 aliphatic heterocycles. The summed E-state index contributed by atoms with van der Waals surface area (Å²) in [5.41, 5.74) is 0. The van der Waals surface area contributed by atoms with E-state index in [0.717, 1.165) is 0 Å². The summed E-state index contributed by atoms with van der Waals surface area (Å²) < 4.78 is 0.